The second kappa shape index (κ2) is 11.0. The van der Waals surface area contributed by atoms with Gasteiger partial charge in [0.2, 0.25) is 15.9 Å². The summed E-state index contributed by atoms with van der Waals surface area (Å²) < 4.78 is 31.0. The molecular weight excluding hydrogens is 546 g/mol. The topological polar surface area (TPSA) is 102 Å². The standard InChI is InChI=1S/C34H31N3O4S/c1-23-31(22-30-10-6-9-29(35-30)21-24-7-4-3-5-8-24)32(41-36-23)27-13-11-25(12-14-27)26-15-17-28(18-16-26)34(19-20-34)33(38)37-42(2,39)40/h3-18H,19-22H2,1-2H3,(H,37,38). The van der Waals surface area contributed by atoms with Crippen LogP contribution in [0.4, 0.5) is 0 Å². The third kappa shape index (κ3) is 5.90. The van der Waals surface area contributed by atoms with Gasteiger partial charge in [0.25, 0.3) is 0 Å². The van der Waals surface area contributed by atoms with Crippen LogP contribution in [0.1, 0.15) is 46.6 Å². The van der Waals surface area contributed by atoms with Gasteiger partial charge < -0.3 is 4.52 Å². The van der Waals surface area contributed by atoms with Crippen LogP contribution < -0.4 is 4.72 Å². The van der Waals surface area contributed by atoms with E-state index in [0.29, 0.717) is 19.3 Å². The second-order valence-electron chi connectivity index (χ2n) is 11.0. The average Bonchev–Trinajstić information content (AvgIpc) is 3.72. The van der Waals surface area contributed by atoms with E-state index in [1.807, 2.05) is 85.8 Å². The van der Waals surface area contributed by atoms with Gasteiger partial charge in [0, 0.05) is 35.4 Å². The zero-order valence-corrected chi connectivity index (χ0v) is 24.3. The highest BCUT2D eigenvalue weighted by Gasteiger charge is 2.52. The molecule has 7 nitrogen and oxygen atoms in total. The van der Waals surface area contributed by atoms with Crippen molar-refractivity contribution >= 4 is 15.9 Å². The van der Waals surface area contributed by atoms with Crippen LogP contribution in [0.5, 0.6) is 0 Å². The summed E-state index contributed by atoms with van der Waals surface area (Å²) in [4.78, 5) is 17.5. The van der Waals surface area contributed by atoms with E-state index >= 15 is 0 Å². The minimum Gasteiger partial charge on any atom is -0.356 e. The molecule has 1 aliphatic carbocycles. The lowest BCUT2D eigenvalue weighted by Gasteiger charge is -2.15. The lowest BCUT2D eigenvalue weighted by atomic mass is 9.93. The second-order valence-corrected chi connectivity index (χ2v) is 12.7. The normalized spacial score (nSPS) is 14.0. The monoisotopic (exact) mass is 577 g/mol. The van der Waals surface area contributed by atoms with Gasteiger partial charge in [-0.25, -0.2) is 8.42 Å². The van der Waals surface area contributed by atoms with Crippen molar-refractivity contribution in [1.29, 1.82) is 0 Å². The number of carbonyl (C=O) groups is 1. The van der Waals surface area contributed by atoms with E-state index in [0.717, 1.165) is 63.3 Å². The van der Waals surface area contributed by atoms with E-state index in [1.165, 1.54) is 5.56 Å². The van der Waals surface area contributed by atoms with Crippen molar-refractivity contribution in [1.82, 2.24) is 14.9 Å². The predicted octanol–water partition coefficient (Wildman–Crippen LogP) is 6.00. The fourth-order valence-corrected chi connectivity index (χ4v) is 5.90. The van der Waals surface area contributed by atoms with Crippen molar-refractivity contribution in [3.8, 4) is 22.5 Å². The smallest absolute Gasteiger partial charge is 0.244 e. The molecule has 2 heterocycles. The molecule has 1 fully saturated rings. The van der Waals surface area contributed by atoms with Gasteiger partial charge in [-0.2, -0.15) is 0 Å². The molecule has 1 amide bonds. The van der Waals surface area contributed by atoms with Crippen LogP contribution in [-0.4, -0.2) is 30.7 Å². The number of nitrogens with one attached hydrogen (secondary N) is 1. The number of hydrogen-bond acceptors (Lipinski definition) is 6. The number of rotatable bonds is 9. The average molecular weight is 578 g/mol. The summed E-state index contributed by atoms with van der Waals surface area (Å²) >= 11 is 0. The van der Waals surface area contributed by atoms with Crippen LogP contribution in [0.25, 0.3) is 22.5 Å². The highest BCUT2D eigenvalue weighted by Crippen LogP contribution is 2.48. The van der Waals surface area contributed by atoms with Crippen LogP contribution in [-0.2, 0) is 33.1 Å². The predicted molar refractivity (Wildman–Crippen MR) is 162 cm³/mol. The maximum absolute atomic E-state index is 12.6. The number of amides is 1. The molecule has 5 aromatic rings. The van der Waals surface area contributed by atoms with E-state index in [4.69, 9.17) is 9.51 Å². The zero-order chi connectivity index (χ0) is 29.3. The Hall–Kier alpha value is -4.56. The molecule has 1 N–H and O–H groups in total. The molecule has 0 unspecified atom stereocenters. The van der Waals surface area contributed by atoms with Gasteiger partial charge in [-0.3, -0.25) is 14.5 Å². The van der Waals surface area contributed by atoms with Gasteiger partial charge in [0.05, 0.1) is 17.4 Å². The lowest BCUT2D eigenvalue weighted by molar-refractivity contribution is -0.121. The molecule has 42 heavy (non-hydrogen) atoms. The third-order valence-corrected chi connectivity index (χ3v) is 8.37. The van der Waals surface area contributed by atoms with Crippen molar-refractivity contribution in [2.45, 2.75) is 38.0 Å². The summed E-state index contributed by atoms with van der Waals surface area (Å²) in [7, 11) is -3.60. The highest BCUT2D eigenvalue weighted by atomic mass is 32.2. The number of pyridine rings is 1. The van der Waals surface area contributed by atoms with Gasteiger partial charge in [-0.05, 0) is 54.2 Å². The van der Waals surface area contributed by atoms with Gasteiger partial charge in [-0.15, -0.1) is 0 Å². The maximum atomic E-state index is 12.6. The number of sulfonamides is 1. The Labute approximate surface area is 245 Å². The first-order chi connectivity index (χ1) is 20.2. The summed E-state index contributed by atoms with van der Waals surface area (Å²) in [5, 5.41) is 4.26. The molecule has 1 aliphatic rings. The van der Waals surface area contributed by atoms with Crippen molar-refractivity contribution in [3.05, 3.63) is 131 Å². The Morgan fingerprint density at radius 2 is 1.40 bits per heavy atom. The van der Waals surface area contributed by atoms with Gasteiger partial charge >= 0.3 is 0 Å². The van der Waals surface area contributed by atoms with Gasteiger partial charge in [0.1, 0.15) is 0 Å². The lowest BCUT2D eigenvalue weighted by Crippen LogP contribution is -2.38. The molecule has 0 atom stereocenters. The van der Waals surface area contributed by atoms with Crippen molar-refractivity contribution in [3.63, 3.8) is 0 Å². The molecule has 0 aliphatic heterocycles. The molecule has 6 rings (SSSR count). The summed E-state index contributed by atoms with van der Waals surface area (Å²) in [5.41, 5.74) is 8.08. The van der Waals surface area contributed by atoms with Crippen LogP contribution in [0.3, 0.4) is 0 Å². The van der Waals surface area contributed by atoms with Crippen LogP contribution in [0.15, 0.2) is 102 Å². The first-order valence-corrected chi connectivity index (χ1v) is 15.8. The molecule has 1 saturated carbocycles. The maximum Gasteiger partial charge on any atom is 0.244 e. The molecule has 0 radical (unpaired) electrons. The first-order valence-electron chi connectivity index (χ1n) is 13.9. The number of carbonyl (C=O) groups excluding carboxylic acids is 1. The third-order valence-electron chi connectivity index (χ3n) is 7.82. The Morgan fingerprint density at radius 1 is 0.810 bits per heavy atom. The largest absolute Gasteiger partial charge is 0.356 e. The van der Waals surface area contributed by atoms with Crippen molar-refractivity contribution in [2.24, 2.45) is 0 Å². The van der Waals surface area contributed by atoms with E-state index in [-0.39, 0.29) is 0 Å². The molecule has 0 bridgehead atoms. The summed E-state index contributed by atoms with van der Waals surface area (Å²) in [5.74, 6) is 0.274. The highest BCUT2D eigenvalue weighted by molar-refractivity contribution is 7.89. The minimum absolute atomic E-state index is 0.460. The molecule has 3 aromatic carbocycles. The molecule has 2 aromatic heterocycles. The van der Waals surface area contributed by atoms with Crippen molar-refractivity contribution in [2.75, 3.05) is 6.26 Å². The minimum atomic E-state index is -3.60. The summed E-state index contributed by atoms with van der Waals surface area (Å²) in [6, 6.07) is 32.3. The fourth-order valence-electron chi connectivity index (χ4n) is 5.37. The van der Waals surface area contributed by atoms with Gasteiger partial charge in [-0.1, -0.05) is 90.1 Å². The van der Waals surface area contributed by atoms with Crippen LogP contribution in [0.2, 0.25) is 0 Å². The molecular formula is C34H31N3O4S. The van der Waals surface area contributed by atoms with E-state index in [2.05, 4.69) is 28.1 Å². The summed E-state index contributed by atoms with van der Waals surface area (Å²) in [6.45, 7) is 1.95. The van der Waals surface area contributed by atoms with E-state index in [1.54, 1.807) is 0 Å². The molecule has 8 heteroatoms. The number of hydrogen-bond donors (Lipinski definition) is 1. The van der Waals surface area contributed by atoms with Gasteiger partial charge in [0.15, 0.2) is 5.76 Å². The number of benzene rings is 3. The molecule has 0 spiro atoms. The van der Waals surface area contributed by atoms with Crippen molar-refractivity contribution < 1.29 is 17.7 Å². The fraction of sp³-hybridized carbons (Fsp3) is 0.206. The molecule has 212 valence electrons. The zero-order valence-electron chi connectivity index (χ0n) is 23.5. The van der Waals surface area contributed by atoms with Crippen LogP contribution >= 0.6 is 0 Å². The SMILES string of the molecule is Cc1noc(-c2ccc(-c3ccc(C4(C(=O)NS(C)(=O)=O)CC4)cc3)cc2)c1Cc1cccc(Cc2ccccc2)n1. The number of nitrogens with zero attached hydrogens (tertiary/aromatic N) is 2. The number of aromatic nitrogens is 2. The molecule has 0 saturated heterocycles. The van der Waals surface area contributed by atoms with E-state index < -0.39 is 21.3 Å². The van der Waals surface area contributed by atoms with Crippen LogP contribution in [0, 0.1) is 6.92 Å². The Balaban J connectivity index is 1.18. The Morgan fingerprint density at radius 3 is 2.02 bits per heavy atom. The Bertz CT molecular complexity index is 1840. The van der Waals surface area contributed by atoms with E-state index in [9.17, 15) is 13.2 Å². The summed E-state index contributed by atoms with van der Waals surface area (Å²) in [6.07, 6.45) is 3.66. The first kappa shape index (κ1) is 27.6. The Kier molecular flexibility index (Phi) is 7.24. The number of aryl methyl sites for hydroxylation is 1. The quantitative estimate of drug-likeness (QED) is 0.231.